The minimum absolute atomic E-state index is 0.285. The first-order valence-electron chi connectivity index (χ1n) is 6.72. The monoisotopic (exact) mass is 319 g/mol. The molecule has 0 spiro atoms. The van der Waals surface area contributed by atoms with Gasteiger partial charge >= 0.3 is 0 Å². The molecule has 0 fully saturated rings. The van der Waals surface area contributed by atoms with Crippen molar-refractivity contribution in [2.24, 2.45) is 0 Å². The standard InChI is InChI=1S/C16H14ClNO4/c1-20-12-4-2-3-11(9-12)18-16(19)10-7-13(17)15-14(8-10)21-5-6-22-15/h2-4,7-9H,5-6H2,1H3,(H,18,19). The maximum atomic E-state index is 12.3. The largest absolute Gasteiger partial charge is 0.497 e. The summed E-state index contributed by atoms with van der Waals surface area (Å²) in [6.07, 6.45) is 0. The van der Waals surface area contributed by atoms with E-state index < -0.39 is 0 Å². The summed E-state index contributed by atoms with van der Waals surface area (Å²) in [7, 11) is 1.57. The molecule has 0 saturated heterocycles. The van der Waals surface area contributed by atoms with E-state index in [-0.39, 0.29) is 5.91 Å². The van der Waals surface area contributed by atoms with Crippen LogP contribution in [0.2, 0.25) is 5.02 Å². The van der Waals surface area contributed by atoms with Crippen LogP contribution in [0, 0.1) is 0 Å². The number of benzene rings is 2. The summed E-state index contributed by atoms with van der Waals surface area (Å²) in [6, 6.07) is 10.3. The Labute approximate surface area is 132 Å². The second-order valence-electron chi connectivity index (χ2n) is 4.67. The summed E-state index contributed by atoms with van der Waals surface area (Å²) in [4.78, 5) is 12.3. The fourth-order valence-electron chi connectivity index (χ4n) is 2.15. The van der Waals surface area contributed by atoms with Crippen molar-refractivity contribution >= 4 is 23.2 Å². The van der Waals surface area contributed by atoms with Crippen molar-refractivity contribution in [3.8, 4) is 17.2 Å². The van der Waals surface area contributed by atoms with Gasteiger partial charge in [0.1, 0.15) is 19.0 Å². The molecule has 0 bridgehead atoms. The highest BCUT2D eigenvalue weighted by molar-refractivity contribution is 6.32. The van der Waals surface area contributed by atoms with Crippen LogP contribution in [-0.2, 0) is 0 Å². The number of hydrogen-bond acceptors (Lipinski definition) is 4. The van der Waals surface area contributed by atoms with E-state index in [9.17, 15) is 4.79 Å². The Kier molecular flexibility index (Phi) is 4.06. The van der Waals surface area contributed by atoms with Gasteiger partial charge in [-0.05, 0) is 24.3 Å². The number of hydrogen-bond donors (Lipinski definition) is 1. The summed E-state index contributed by atoms with van der Waals surface area (Å²) < 4.78 is 16.0. The van der Waals surface area contributed by atoms with Crippen molar-refractivity contribution in [2.45, 2.75) is 0 Å². The van der Waals surface area contributed by atoms with E-state index >= 15 is 0 Å². The van der Waals surface area contributed by atoms with Gasteiger partial charge in [0, 0.05) is 17.3 Å². The third-order valence-electron chi connectivity index (χ3n) is 3.19. The van der Waals surface area contributed by atoms with Crippen LogP contribution in [0.4, 0.5) is 5.69 Å². The van der Waals surface area contributed by atoms with Crippen molar-refractivity contribution < 1.29 is 19.0 Å². The van der Waals surface area contributed by atoms with E-state index in [1.54, 1.807) is 43.5 Å². The second kappa shape index (κ2) is 6.15. The van der Waals surface area contributed by atoms with Gasteiger partial charge in [-0.3, -0.25) is 4.79 Å². The van der Waals surface area contributed by atoms with Crippen LogP contribution in [0.3, 0.4) is 0 Å². The maximum Gasteiger partial charge on any atom is 0.255 e. The summed E-state index contributed by atoms with van der Waals surface area (Å²) in [5.41, 5.74) is 1.03. The van der Waals surface area contributed by atoms with Gasteiger partial charge in [-0.15, -0.1) is 0 Å². The number of nitrogens with one attached hydrogen (secondary N) is 1. The third kappa shape index (κ3) is 2.94. The number of ether oxygens (including phenoxy) is 3. The van der Waals surface area contributed by atoms with E-state index in [0.717, 1.165) is 0 Å². The van der Waals surface area contributed by atoms with E-state index in [0.29, 0.717) is 46.7 Å². The lowest BCUT2D eigenvalue weighted by molar-refractivity contribution is 0.102. The zero-order valence-corrected chi connectivity index (χ0v) is 12.6. The average Bonchev–Trinajstić information content (AvgIpc) is 2.55. The topological polar surface area (TPSA) is 56.8 Å². The molecule has 1 N–H and O–H groups in total. The minimum Gasteiger partial charge on any atom is -0.497 e. The number of methoxy groups -OCH3 is 1. The number of amides is 1. The smallest absolute Gasteiger partial charge is 0.255 e. The van der Waals surface area contributed by atoms with Gasteiger partial charge < -0.3 is 19.5 Å². The molecule has 5 nitrogen and oxygen atoms in total. The Balaban J connectivity index is 1.84. The molecule has 0 aromatic heterocycles. The first-order valence-corrected chi connectivity index (χ1v) is 7.10. The first-order chi connectivity index (χ1) is 10.7. The number of rotatable bonds is 3. The molecule has 1 amide bonds. The van der Waals surface area contributed by atoms with E-state index in [2.05, 4.69) is 5.32 Å². The average molecular weight is 320 g/mol. The predicted octanol–water partition coefficient (Wildman–Crippen LogP) is 3.37. The lowest BCUT2D eigenvalue weighted by atomic mass is 10.1. The minimum atomic E-state index is -0.285. The molecular formula is C16H14ClNO4. The molecule has 2 aromatic rings. The highest BCUT2D eigenvalue weighted by Gasteiger charge is 2.19. The second-order valence-corrected chi connectivity index (χ2v) is 5.08. The lowest BCUT2D eigenvalue weighted by Crippen LogP contribution is -2.17. The summed E-state index contributed by atoms with van der Waals surface area (Å²) in [5, 5.41) is 3.15. The lowest BCUT2D eigenvalue weighted by Gasteiger charge is -2.20. The highest BCUT2D eigenvalue weighted by Crippen LogP contribution is 2.38. The number of anilines is 1. The summed E-state index contributed by atoms with van der Waals surface area (Å²) >= 11 is 6.14. The van der Waals surface area contributed by atoms with Crippen LogP contribution in [-0.4, -0.2) is 26.2 Å². The third-order valence-corrected chi connectivity index (χ3v) is 3.47. The van der Waals surface area contributed by atoms with Gasteiger partial charge in [0.05, 0.1) is 12.1 Å². The van der Waals surface area contributed by atoms with Gasteiger partial charge in [-0.25, -0.2) is 0 Å². The zero-order chi connectivity index (χ0) is 15.5. The summed E-state index contributed by atoms with van der Waals surface area (Å²) in [5.74, 6) is 1.34. The molecule has 0 atom stereocenters. The van der Waals surface area contributed by atoms with Crippen molar-refractivity contribution in [2.75, 3.05) is 25.6 Å². The molecule has 1 aliphatic heterocycles. The molecule has 0 radical (unpaired) electrons. The van der Waals surface area contributed by atoms with Crippen LogP contribution in [0.15, 0.2) is 36.4 Å². The maximum absolute atomic E-state index is 12.3. The molecule has 0 saturated carbocycles. The van der Waals surface area contributed by atoms with Crippen molar-refractivity contribution in [3.05, 3.63) is 47.0 Å². The van der Waals surface area contributed by atoms with Gasteiger partial charge in [0.25, 0.3) is 5.91 Å². The Morgan fingerprint density at radius 2 is 2.05 bits per heavy atom. The Morgan fingerprint density at radius 3 is 2.86 bits per heavy atom. The Morgan fingerprint density at radius 1 is 1.23 bits per heavy atom. The molecule has 22 heavy (non-hydrogen) atoms. The fraction of sp³-hybridized carbons (Fsp3) is 0.188. The molecule has 1 aliphatic rings. The van der Waals surface area contributed by atoms with Crippen molar-refractivity contribution in [1.82, 2.24) is 0 Å². The fourth-order valence-corrected chi connectivity index (χ4v) is 2.41. The number of halogens is 1. The quantitative estimate of drug-likeness (QED) is 0.942. The van der Waals surface area contributed by atoms with Crippen LogP contribution in [0.25, 0.3) is 0 Å². The Bertz CT molecular complexity index is 717. The summed E-state index contributed by atoms with van der Waals surface area (Å²) in [6.45, 7) is 0.881. The van der Waals surface area contributed by atoms with Crippen LogP contribution < -0.4 is 19.5 Å². The molecule has 0 unspecified atom stereocenters. The predicted molar refractivity (Wildman–Crippen MR) is 83.4 cm³/mol. The van der Waals surface area contributed by atoms with Gasteiger partial charge in [0.2, 0.25) is 0 Å². The number of fused-ring (bicyclic) bond motifs is 1. The van der Waals surface area contributed by atoms with Gasteiger partial charge in [0.15, 0.2) is 11.5 Å². The molecule has 0 aliphatic carbocycles. The first kappa shape index (κ1) is 14.5. The molecular weight excluding hydrogens is 306 g/mol. The molecule has 6 heteroatoms. The van der Waals surface area contributed by atoms with E-state index in [4.69, 9.17) is 25.8 Å². The number of carbonyl (C=O) groups excluding carboxylic acids is 1. The molecule has 2 aromatic carbocycles. The van der Waals surface area contributed by atoms with Crippen LogP contribution in [0.5, 0.6) is 17.2 Å². The molecule has 114 valence electrons. The molecule has 3 rings (SSSR count). The van der Waals surface area contributed by atoms with E-state index in [1.165, 1.54) is 0 Å². The SMILES string of the molecule is COc1cccc(NC(=O)c2cc(Cl)c3c(c2)OCCO3)c1. The molecule has 1 heterocycles. The van der Waals surface area contributed by atoms with Crippen LogP contribution in [0.1, 0.15) is 10.4 Å². The van der Waals surface area contributed by atoms with Crippen LogP contribution >= 0.6 is 11.6 Å². The Hall–Kier alpha value is -2.40. The highest BCUT2D eigenvalue weighted by atomic mass is 35.5. The van der Waals surface area contributed by atoms with Gasteiger partial charge in [-0.2, -0.15) is 0 Å². The van der Waals surface area contributed by atoms with Gasteiger partial charge in [-0.1, -0.05) is 17.7 Å². The van der Waals surface area contributed by atoms with E-state index in [1.807, 2.05) is 0 Å². The van der Waals surface area contributed by atoms with Crippen molar-refractivity contribution in [3.63, 3.8) is 0 Å². The number of carbonyl (C=O) groups is 1. The normalized spacial score (nSPS) is 12.6. The van der Waals surface area contributed by atoms with Crippen molar-refractivity contribution in [1.29, 1.82) is 0 Å². The zero-order valence-electron chi connectivity index (χ0n) is 11.9.